The Kier molecular flexibility index (Phi) is 3.39. The third-order valence-electron chi connectivity index (χ3n) is 3.74. The van der Waals surface area contributed by atoms with Gasteiger partial charge in [0.25, 0.3) is 0 Å². The van der Waals surface area contributed by atoms with Gasteiger partial charge in [-0.05, 0) is 30.7 Å². The van der Waals surface area contributed by atoms with Crippen LogP contribution < -0.4 is 4.74 Å². The summed E-state index contributed by atoms with van der Waals surface area (Å²) in [5.41, 5.74) is 2.84. The largest absolute Gasteiger partial charge is 0.489 e. The van der Waals surface area contributed by atoms with E-state index in [4.69, 9.17) is 16.3 Å². The van der Waals surface area contributed by atoms with Crippen molar-refractivity contribution in [2.75, 3.05) is 0 Å². The van der Waals surface area contributed by atoms with Gasteiger partial charge in [0, 0.05) is 10.9 Å². The minimum atomic E-state index is 0.457. The second-order valence-corrected chi connectivity index (χ2v) is 5.75. The van der Waals surface area contributed by atoms with Crippen LogP contribution in [0.1, 0.15) is 11.4 Å². The van der Waals surface area contributed by atoms with Gasteiger partial charge in [0.1, 0.15) is 29.0 Å². The van der Waals surface area contributed by atoms with E-state index in [0.29, 0.717) is 17.6 Å². The zero-order valence-corrected chi connectivity index (χ0v) is 13.3. The Morgan fingerprint density at radius 1 is 1.09 bits per heavy atom. The maximum absolute atomic E-state index is 6.30. The predicted octanol–water partition coefficient (Wildman–Crippen LogP) is 4.65. The number of nitrogens with one attached hydrogen (secondary N) is 1. The molecule has 0 spiro atoms. The molecule has 4 aromatic rings. The highest BCUT2D eigenvalue weighted by Crippen LogP contribution is 2.32. The van der Waals surface area contributed by atoms with Crippen molar-refractivity contribution in [3.05, 3.63) is 65.1 Å². The van der Waals surface area contributed by atoms with Crippen molar-refractivity contribution < 1.29 is 4.74 Å². The molecule has 2 heterocycles. The maximum Gasteiger partial charge on any atom is 0.143 e. The van der Waals surface area contributed by atoms with Crippen LogP contribution in [0.3, 0.4) is 0 Å². The molecule has 0 saturated heterocycles. The van der Waals surface area contributed by atoms with E-state index in [-0.39, 0.29) is 0 Å². The highest BCUT2D eigenvalue weighted by Gasteiger charge is 2.12. The molecule has 2 aromatic carbocycles. The van der Waals surface area contributed by atoms with Gasteiger partial charge < -0.3 is 9.72 Å². The van der Waals surface area contributed by atoms with Crippen LogP contribution in [-0.4, -0.2) is 15.0 Å². The lowest BCUT2D eigenvalue weighted by Crippen LogP contribution is -1.94. The van der Waals surface area contributed by atoms with Gasteiger partial charge in [-0.3, -0.25) is 0 Å². The normalized spacial score (nSPS) is 11.2. The van der Waals surface area contributed by atoms with Crippen molar-refractivity contribution in [1.82, 2.24) is 15.0 Å². The number of nitrogens with zero attached hydrogens (tertiary/aromatic N) is 2. The summed E-state index contributed by atoms with van der Waals surface area (Å²) in [7, 11) is 0. The van der Waals surface area contributed by atoms with Crippen LogP contribution in [0.25, 0.3) is 21.9 Å². The molecule has 4 nitrogen and oxygen atoms in total. The lowest BCUT2D eigenvalue weighted by molar-refractivity contribution is 0.306. The molecule has 0 atom stereocenters. The van der Waals surface area contributed by atoms with E-state index in [1.165, 1.54) is 0 Å². The average molecular weight is 324 g/mol. The molecule has 0 amide bonds. The van der Waals surface area contributed by atoms with Crippen molar-refractivity contribution in [1.29, 1.82) is 0 Å². The highest BCUT2D eigenvalue weighted by atomic mass is 35.5. The summed E-state index contributed by atoms with van der Waals surface area (Å²) in [4.78, 5) is 11.9. The monoisotopic (exact) mass is 323 g/mol. The van der Waals surface area contributed by atoms with Crippen LogP contribution in [0.5, 0.6) is 5.75 Å². The fourth-order valence-corrected chi connectivity index (χ4v) is 2.98. The Labute approximate surface area is 138 Å². The van der Waals surface area contributed by atoms with Crippen molar-refractivity contribution in [2.45, 2.75) is 13.5 Å². The van der Waals surface area contributed by atoms with Crippen molar-refractivity contribution in [3.63, 3.8) is 0 Å². The molecule has 0 unspecified atom stereocenters. The van der Waals surface area contributed by atoms with E-state index in [9.17, 15) is 0 Å². The number of halogens is 1. The number of aryl methyl sites for hydroxylation is 1. The number of aromatic nitrogens is 3. The first-order chi connectivity index (χ1) is 11.2. The second-order valence-electron chi connectivity index (χ2n) is 5.39. The first-order valence-corrected chi connectivity index (χ1v) is 7.71. The lowest BCUT2D eigenvalue weighted by Gasteiger charge is -2.06. The van der Waals surface area contributed by atoms with Gasteiger partial charge in [-0.1, -0.05) is 41.9 Å². The van der Waals surface area contributed by atoms with E-state index < -0.39 is 0 Å². The smallest absolute Gasteiger partial charge is 0.143 e. The molecule has 0 aliphatic heterocycles. The molecule has 0 fully saturated rings. The number of aromatic amines is 1. The third kappa shape index (κ3) is 2.62. The Morgan fingerprint density at radius 2 is 1.91 bits per heavy atom. The molecule has 0 radical (unpaired) electrons. The summed E-state index contributed by atoms with van der Waals surface area (Å²) in [5.74, 6) is 1.44. The quantitative estimate of drug-likeness (QED) is 0.558. The van der Waals surface area contributed by atoms with Gasteiger partial charge in [-0.2, -0.15) is 0 Å². The summed E-state index contributed by atoms with van der Waals surface area (Å²) in [6, 6.07) is 16.0. The Bertz CT molecular complexity index is 995. The molecule has 23 heavy (non-hydrogen) atoms. The van der Waals surface area contributed by atoms with Crippen molar-refractivity contribution >= 4 is 33.5 Å². The standard InChI is InChI=1S/C18H14ClN3O/c1-11-20-17(19)16-14-9-13(7-8-15(14)22-18(16)21-11)23-10-12-5-3-2-4-6-12/h2-9H,10H2,1H3,(H,20,21,22). The van der Waals surface area contributed by atoms with Crippen LogP contribution in [0.2, 0.25) is 5.15 Å². The minimum absolute atomic E-state index is 0.457. The van der Waals surface area contributed by atoms with E-state index >= 15 is 0 Å². The molecule has 0 bridgehead atoms. The molecular formula is C18H14ClN3O. The fourth-order valence-electron chi connectivity index (χ4n) is 2.66. The number of H-pyrrole nitrogens is 1. The van der Waals surface area contributed by atoms with E-state index in [1.54, 1.807) is 0 Å². The Hall–Kier alpha value is -2.59. The number of fused-ring (bicyclic) bond motifs is 3. The van der Waals surface area contributed by atoms with Crippen LogP contribution in [0.15, 0.2) is 48.5 Å². The second kappa shape index (κ2) is 5.56. The first-order valence-electron chi connectivity index (χ1n) is 7.33. The Balaban J connectivity index is 1.73. The van der Waals surface area contributed by atoms with Crippen molar-refractivity contribution in [2.24, 2.45) is 0 Å². The SMILES string of the molecule is Cc1nc(Cl)c2c(n1)[nH]c1ccc(OCc3ccccc3)cc12. The summed E-state index contributed by atoms with van der Waals surface area (Å²) >= 11 is 6.30. The summed E-state index contributed by atoms with van der Waals surface area (Å²) in [6.07, 6.45) is 0. The third-order valence-corrected chi connectivity index (χ3v) is 4.01. The molecule has 2 aromatic heterocycles. The van der Waals surface area contributed by atoms with Gasteiger partial charge in [-0.25, -0.2) is 9.97 Å². The van der Waals surface area contributed by atoms with Gasteiger partial charge in [0.2, 0.25) is 0 Å². The fraction of sp³-hybridized carbons (Fsp3) is 0.111. The maximum atomic E-state index is 6.30. The Morgan fingerprint density at radius 3 is 2.74 bits per heavy atom. The summed E-state index contributed by atoms with van der Waals surface area (Å²) in [5, 5.41) is 2.26. The zero-order chi connectivity index (χ0) is 15.8. The molecule has 1 N–H and O–H groups in total. The van der Waals surface area contributed by atoms with Crippen LogP contribution in [0, 0.1) is 6.92 Å². The molecule has 5 heteroatoms. The number of hydrogen-bond donors (Lipinski definition) is 1. The van der Waals surface area contributed by atoms with Gasteiger partial charge >= 0.3 is 0 Å². The predicted molar refractivity (Wildman–Crippen MR) is 91.9 cm³/mol. The molecule has 0 aliphatic carbocycles. The molecule has 114 valence electrons. The number of benzene rings is 2. The first kappa shape index (κ1) is 14.0. The summed E-state index contributed by atoms with van der Waals surface area (Å²) in [6.45, 7) is 2.35. The number of hydrogen-bond acceptors (Lipinski definition) is 3. The zero-order valence-electron chi connectivity index (χ0n) is 12.5. The van der Waals surface area contributed by atoms with Gasteiger partial charge in [0.15, 0.2) is 0 Å². The number of rotatable bonds is 3. The molecule has 4 rings (SSSR count). The van der Waals surface area contributed by atoms with Crippen LogP contribution in [-0.2, 0) is 6.61 Å². The van der Waals surface area contributed by atoms with Crippen LogP contribution >= 0.6 is 11.6 Å². The van der Waals surface area contributed by atoms with E-state index in [0.717, 1.165) is 33.2 Å². The minimum Gasteiger partial charge on any atom is -0.489 e. The van der Waals surface area contributed by atoms with Gasteiger partial charge in [-0.15, -0.1) is 0 Å². The van der Waals surface area contributed by atoms with E-state index in [1.807, 2.05) is 55.5 Å². The highest BCUT2D eigenvalue weighted by molar-refractivity contribution is 6.36. The van der Waals surface area contributed by atoms with Crippen LogP contribution in [0.4, 0.5) is 0 Å². The molecule has 0 aliphatic rings. The average Bonchev–Trinajstić information content (AvgIpc) is 2.91. The summed E-state index contributed by atoms with van der Waals surface area (Å²) < 4.78 is 5.88. The van der Waals surface area contributed by atoms with Gasteiger partial charge in [0.05, 0.1) is 5.39 Å². The van der Waals surface area contributed by atoms with Crippen molar-refractivity contribution in [3.8, 4) is 5.75 Å². The number of ether oxygens (including phenoxy) is 1. The lowest BCUT2D eigenvalue weighted by atomic mass is 10.2. The topological polar surface area (TPSA) is 50.8 Å². The van der Waals surface area contributed by atoms with E-state index in [2.05, 4.69) is 15.0 Å². The molecular weight excluding hydrogens is 310 g/mol. The molecule has 0 saturated carbocycles.